The SMILES string of the molecule is CCN(CC(C)(C)O)c1cc(C(F)(F)F)cc(NC)n1. The standard InChI is InChI=1S/C13H20F3N3O/c1-5-19(8-12(2,3)20)11-7-9(13(14,15)16)6-10(17-4)18-11/h6-7,20H,5,8H2,1-4H3,(H,17,18). The van der Waals surface area contributed by atoms with Crippen LogP contribution in [0.1, 0.15) is 26.3 Å². The number of hydrogen-bond donors (Lipinski definition) is 2. The molecule has 0 aliphatic carbocycles. The Labute approximate surface area is 116 Å². The largest absolute Gasteiger partial charge is 0.416 e. The minimum absolute atomic E-state index is 0.143. The van der Waals surface area contributed by atoms with E-state index >= 15 is 0 Å². The maximum atomic E-state index is 12.9. The summed E-state index contributed by atoms with van der Waals surface area (Å²) in [5, 5.41) is 12.5. The molecule has 1 heterocycles. The Kier molecular flexibility index (Phi) is 4.86. The van der Waals surface area contributed by atoms with Gasteiger partial charge in [0.1, 0.15) is 11.6 Å². The van der Waals surface area contributed by atoms with Crippen LogP contribution < -0.4 is 10.2 Å². The molecule has 0 spiro atoms. The van der Waals surface area contributed by atoms with Crippen molar-refractivity contribution in [2.24, 2.45) is 0 Å². The van der Waals surface area contributed by atoms with E-state index in [-0.39, 0.29) is 18.2 Å². The van der Waals surface area contributed by atoms with Gasteiger partial charge >= 0.3 is 6.18 Å². The number of hydrogen-bond acceptors (Lipinski definition) is 4. The van der Waals surface area contributed by atoms with Gasteiger partial charge in [-0.1, -0.05) is 0 Å². The molecule has 1 aromatic heterocycles. The number of aromatic nitrogens is 1. The van der Waals surface area contributed by atoms with Gasteiger partial charge < -0.3 is 15.3 Å². The number of rotatable bonds is 5. The Bertz CT molecular complexity index is 455. The Hall–Kier alpha value is -1.50. The highest BCUT2D eigenvalue weighted by Crippen LogP contribution is 2.33. The van der Waals surface area contributed by atoms with E-state index < -0.39 is 17.3 Å². The third-order valence-electron chi connectivity index (χ3n) is 2.68. The zero-order valence-corrected chi connectivity index (χ0v) is 12.0. The van der Waals surface area contributed by atoms with E-state index in [1.165, 1.54) is 7.05 Å². The number of alkyl halides is 3. The molecule has 2 N–H and O–H groups in total. The van der Waals surface area contributed by atoms with Gasteiger partial charge in [0.2, 0.25) is 0 Å². The van der Waals surface area contributed by atoms with Crippen LogP contribution in [0.15, 0.2) is 12.1 Å². The highest BCUT2D eigenvalue weighted by atomic mass is 19.4. The summed E-state index contributed by atoms with van der Waals surface area (Å²) in [6.45, 7) is 5.64. The van der Waals surface area contributed by atoms with Gasteiger partial charge in [0, 0.05) is 20.1 Å². The zero-order valence-electron chi connectivity index (χ0n) is 12.0. The molecule has 0 unspecified atom stereocenters. The molecule has 4 nitrogen and oxygen atoms in total. The monoisotopic (exact) mass is 291 g/mol. The zero-order chi connectivity index (χ0) is 15.6. The summed E-state index contributed by atoms with van der Waals surface area (Å²) in [6, 6.07) is 1.96. The molecule has 1 aromatic rings. The fraction of sp³-hybridized carbons (Fsp3) is 0.615. The van der Waals surface area contributed by atoms with Crippen LogP contribution in [0.3, 0.4) is 0 Å². The topological polar surface area (TPSA) is 48.4 Å². The van der Waals surface area contributed by atoms with Gasteiger partial charge in [-0.15, -0.1) is 0 Å². The van der Waals surface area contributed by atoms with E-state index in [0.29, 0.717) is 6.54 Å². The van der Waals surface area contributed by atoms with Crippen molar-refractivity contribution in [3.8, 4) is 0 Å². The minimum atomic E-state index is -4.43. The van der Waals surface area contributed by atoms with Crippen LogP contribution >= 0.6 is 0 Å². The van der Waals surface area contributed by atoms with Crippen LogP contribution in [0.2, 0.25) is 0 Å². The summed E-state index contributed by atoms with van der Waals surface area (Å²) in [5.74, 6) is 0.331. The van der Waals surface area contributed by atoms with Crippen LogP contribution in [0.25, 0.3) is 0 Å². The van der Waals surface area contributed by atoms with Gasteiger partial charge in [-0.25, -0.2) is 4.98 Å². The molecule has 0 aromatic carbocycles. The molecule has 114 valence electrons. The molecular formula is C13H20F3N3O. The smallest absolute Gasteiger partial charge is 0.389 e. The minimum Gasteiger partial charge on any atom is -0.389 e. The Balaban J connectivity index is 3.21. The number of anilines is 2. The van der Waals surface area contributed by atoms with Crippen molar-refractivity contribution < 1.29 is 18.3 Å². The Morgan fingerprint density at radius 1 is 1.30 bits per heavy atom. The van der Waals surface area contributed by atoms with Gasteiger partial charge in [0.25, 0.3) is 0 Å². The first-order chi connectivity index (χ1) is 9.06. The third kappa shape index (κ3) is 4.56. The van der Waals surface area contributed by atoms with Crippen molar-refractivity contribution in [2.75, 3.05) is 30.4 Å². The van der Waals surface area contributed by atoms with Crippen molar-refractivity contribution in [1.82, 2.24) is 4.98 Å². The molecule has 0 bridgehead atoms. The maximum absolute atomic E-state index is 12.9. The van der Waals surface area contributed by atoms with E-state index in [4.69, 9.17) is 0 Å². The predicted octanol–water partition coefficient (Wildman–Crippen LogP) is 2.74. The molecule has 7 heteroatoms. The number of halogens is 3. The van der Waals surface area contributed by atoms with Crippen LogP contribution in [-0.4, -0.2) is 35.8 Å². The van der Waals surface area contributed by atoms with E-state index in [1.807, 2.05) is 0 Å². The van der Waals surface area contributed by atoms with Crippen molar-refractivity contribution in [3.05, 3.63) is 17.7 Å². The molecule has 0 fully saturated rings. The van der Waals surface area contributed by atoms with E-state index in [1.54, 1.807) is 25.7 Å². The van der Waals surface area contributed by atoms with Crippen molar-refractivity contribution >= 4 is 11.6 Å². The van der Waals surface area contributed by atoms with Crippen molar-refractivity contribution in [3.63, 3.8) is 0 Å². The van der Waals surface area contributed by atoms with Crippen molar-refractivity contribution in [1.29, 1.82) is 0 Å². The molecular weight excluding hydrogens is 271 g/mol. The van der Waals surface area contributed by atoms with Gasteiger partial charge in [-0.2, -0.15) is 13.2 Å². The van der Waals surface area contributed by atoms with Crippen molar-refractivity contribution in [2.45, 2.75) is 32.5 Å². The highest BCUT2D eigenvalue weighted by Gasteiger charge is 2.32. The van der Waals surface area contributed by atoms with E-state index in [2.05, 4.69) is 10.3 Å². The lowest BCUT2D eigenvalue weighted by molar-refractivity contribution is -0.137. The van der Waals surface area contributed by atoms with Crippen LogP contribution in [0.4, 0.5) is 24.8 Å². The number of nitrogens with one attached hydrogen (secondary N) is 1. The predicted molar refractivity (Wildman–Crippen MR) is 73.0 cm³/mol. The molecule has 0 aliphatic heterocycles. The quantitative estimate of drug-likeness (QED) is 0.876. The number of pyridine rings is 1. The van der Waals surface area contributed by atoms with Crippen LogP contribution in [0.5, 0.6) is 0 Å². The lowest BCUT2D eigenvalue weighted by Gasteiger charge is -2.29. The summed E-state index contributed by atoms with van der Waals surface area (Å²) in [4.78, 5) is 5.73. The number of likely N-dealkylation sites (N-methyl/N-ethyl adjacent to an activating group) is 1. The van der Waals surface area contributed by atoms with Gasteiger partial charge in [0.05, 0.1) is 11.2 Å². The highest BCUT2D eigenvalue weighted by molar-refractivity contribution is 5.51. The Morgan fingerprint density at radius 3 is 2.30 bits per heavy atom. The average Bonchev–Trinajstić information content (AvgIpc) is 2.33. The first-order valence-corrected chi connectivity index (χ1v) is 6.31. The molecule has 0 aliphatic rings. The summed E-state index contributed by atoms with van der Waals surface area (Å²) < 4.78 is 38.6. The summed E-state index contributed by atoms with van der Waals surface area (Å²) in [6.07, 6.45) is -4.43. The first kappa shape index (κ1) is 16.6. The second kappa shape index (κ2) is 5.87. The first-order valence-electron chi connectivity index (χ1n) is 6.31. The van der Waals surface area contributed by atoms with Gasteiger partial charge in [-0.05, 0) is 32.9 Å². The molecule has 0 amide bonds. The average molecular weight is 291 g/mol. The van der Waals surface area contributed by atoms with E-state index in [9.17, 15) is 18.3 Å². The fourth-order valence-electron chi connectivity index (χ4n) is 1.79. The summed E-state index contributed by atoms with van der Waals surface area (Å²) in [5.41, 5.74) is -1.79. The lowest BCUT2D eigenvalue weighted by Crippen LogP contribution is -2.39. The van der Waals surface area contributed by atoms with Crippen LogP contribution in [0, 0.1) is 0 Å². The normalized spacial score (nSPS) is 12.4. The lowest BCUT2D eigenvalue weighted by atomic mass is 10.1. The third-order valence-corrected chi connectivity index (χ3v) is 2.68. The Morgan fingerprint density at radius 2 is 1.90 bits per heavy atom. The fourth-order valence-corrected chi connectivity index (χ4v) is 1.79. The molecule has 1 rings (SSSR count). The van der Waals surface area contributed by atoms with Gasteiger partial charge in [0.15, 0.2) is 0 Å². The maximum Gasteiger partial charge on any atom is 0.416 e. The van der Waals surface area contributed by atoms with Gasteiger partial charge in [-0.3, -0.25) is 0 Å². The van der Waals surface area contributed by atoms with E-state index in [0.717, 1.165) is 12.1 Å². The molecule has 0 saturated carbocycles. The second-order valence-electron chi connectivity index (χ2n) is 5.17. The second-order valence-corrected chi connectivity index (χ2v) is 5.17. The number of nitrogens with zero attached hydrogens (tertiary/aromatic N) is 2. The van der Waals surface area contributed by atoms with Crippen LogP contribution in [-0.2, 0) is 6.18 Å². The molecule has 0 radical (unpaired) electrons. The molecule has 0 atom stereocenters. The molecule has 20 heavy (non-hydrogen) atoms. The number of aliphatic hydroxyl groups is 1. The molecule has 0 saturated heterocycles. The summed E-state index contributed by atoms with van der Waals surface area (Å²) >= 11 is 0. The summed E-state index contributed by atoms with van der Waals surface area (Å²) in [7, 11) is 1.51.